The summed E-state index contributed by atoms with van der Waals surface area (Å²) < 4.78 is 12.9. The van der Waals surface area contributed by atoms with Gasteiger partial charge in [0.05, 0.1) is 22.9 Å². The first-order valence-corrected chi connectivity index (χ1v) is 12.8. The first-order valence-electron chi connectivity index (χ1n) is 10.6. The quantitative estimate of drug-likeness (QED) is 0.292. The number of halogens is 1. The topological polar surface area (TPSA) is 95.3 Å². The highest BCUT2D eigenvalue weighted by atomic mass is 35.5. The molecule has 1 amide bonds. The smallest absolute Gasteiger partial charge is 0.341 e. The van der Waals surface area contributed by atoms with Crippen LogP contribution < -0.4 is 10.1 Å². The Hall–Kier alpha value is -2.56. The SMILES string of the molecule is CCOC(=O)c1c(NC(=O)CSc2nnc(C(C)Oc3cc(C)ccc3Cl)n2C)sc(C)c1C. The van der Waals surface area contributed by atoms with E-state index in [-0.39, 0.29) is 18.3 Å². The summed E-state index contributed by atoms with van der Waals surface area (Å²) >= 11 is 8.84. The first kappa shape index (κ1) is 26.1. The summed E-state index contributed by atoms with van der Waals surface area (Å²) in [4.78, 5) is 25.9. The molecule has 11 heteroatoms. The van der Waals surface area contributed by atoms with E-state index in [1.165, 1.54) is 23.1 Å². The lowest BCUT2D eigenvalue weighted by atomic mass is 10.1. The van der Waals surface area contributed by atoms with E-state index in [0.29, 0.717) is 32.3 Å². The fraction of sp³-hybridized carbons (Fsp3) is 0.391. The number of carbonyl (C=O) groups excluding carboxylic acids is 2. The van der Waals surface area contributed by atoms with Crippen LogP contribution in [-0.2, 0) is 16.6 Å². The van der Waals surface area contributed by atoms with Crippen molar-refractivity contribution in [2.75, 3.05) is 17.7 Å². The molecule has 0 saturated carbocycles. The Morgan fingerprint density at radius 2 is 2.00 bits per heavy atom. The zero-order chi connectivity index (χ0) is 25.0. The lowest BCUT2D eigenvalue weighted by Gasteiger charge is -2.15. The first-order chi connectivity index (χ1) is 16.1. The lowest BCUT2D eigenvalue weighted by Crippen LogP contribution is -2.17. The summed E-state index contributed by atoms with van der Waals surface area (Å²) in [6.45, 7) is 9.59. The standard InChI is InChI=1S/C23H27ClN4O4S2/c1-7-31-22(30)19-13(3)15(5)34-21(19)25-18(29)11-33-23-27-26-20(28(23)6)14(4)32-17-10-12(2)8-9-16(17)24/h8-10,14H,7,11H2,1-6H3,(H,25,29). The third kappa shape index (κ3) is 5.92. The molecule has 3 rings (SSSR count). The third-order valence-corrected chi connectivity index (χ3v) is 7.53. The molecule has 1 N–H and O–H groups in total. The van der Waals surface area contributed by atoms with Gasteiger partial charge in [-0.25, -0.2) is 4.79 Å². The van der Waals surface area contributed by atoms with Crippen LogP contribution in [0, 0.1) is 20.8 Å². The minimum Gasteiger partial charge on any atom is -0.481 e. The van der Waals surface area contributed by atoms with Crippen LogP contribution in [0.3, 0.4) is 0 Å². The van der Waals surface area contributed by atoms with Crippen LogP contribution in [0.5, 0.6) is 5.75 Å². The maximum absolute atomic E-state index is 12.6. The molecule has 0 aliphatic rings. The van der Waals surface area contributed by atoms with Crippen molar-refractivity contribution >= 4 is 51.6 Å². The van der Waals surface area contributed by atoms with Gasteiger partial charge in [-0.2, -0.15) is 0 Å². The number of hydrogen-bond donors (Lipinski definition) is 1. The third-order valence-electron chi connectivity index (χ3n) is 5.07. The number of aryl methyl sites for hydroxylation is 2. The molecule has 34 heavy (non-hydrogen) atoms. The van der Waals surface area contributed by atoms with Gasteiger partial charge < -0.3 is 19.4 Å². The van der Waals surface area contributed by atoms with Gasteiger partial charge in [-0.1, -0.05) is 29.4 Å². The Morgan fingerprint density at radius 3 is 2.71 bits per heavy atom. The number of thiophene rings is 1. The summed E-state index contributed by atoms with van der Waals surface area (Å²) in [5, 5.41) is 12.9. The second-order valence-corrected chi connectivity index (χ2v) is 10.2. The molecule has 0 bridgehead atoms. The van der Waals surface area contributed by atoms with Gasteiger partial charge in [0.25, 0.3) is 0 Å². The molecule has 0 aliphatic carbocycles. The normalized spacial score (nSPS) is 11.9. The molecule has 0 saturated heterocycles. The van der Waals surface area contributed by atoms with E-state index < -0.39 is 12.1 Å². The molecule has 8 nitrogen and oxygen atoms in total. The minimum atomic E-state index is -0.437. The van der Waals surface area contributed by atoms with Gasteiger partial charge >= 0.3 is 5.97 Å². The molecular weight excluding hydrogens is 496 g/mol. The predicted octanol–water partition coefficient (Wildman–Crippen LogP) is 5.50. The van der Waals surface area contributed by atoms with Gasteiger partial charge in [-0.15, -0.1) is 21.5 Å². The fourth-order valence-electron chi connectivity index (χ4n) is 3.21. The van der Waals surface area contributed by atoms with E-state index >= 15 is 0 Å². The van der Waals surface area contributed by atoms with Crippen LogP contribution in [0.25, 0.3) is 0 Å². The molecule has 0 fully saturated rings. The highest BCUT2D eigenvalue weighted by Gasteiger charge is 2.23. The van der Waals surface area contributed by atoms with Crippen LogP contribution in [0.4, 0.5) is 5.00 Å². The van der Waals surface area contributed by atoms with Crippen molar-refractivity contribution in [3.8, 4) is 5.75 Å². The Kier molecular flexibility index (Phi) is 8.62. The molecule has 0 radical (unpaired) electrons. The predicted molar refractivity (Wildman–Crippen MR) is 135 cm³/mol. The van der Waals surface area contributed by atoms with E-state index in [2.05, 4.69) is 15.5 Å². The summed E-state index contributed by atoms with van der Waals surface area (Å²) in [5.41, 5.74) is 2.26. The number of aromatic nitrogens is 3. The highest BCUT2D eigenvalue weighted by Crippen LogP contribution is 2.34. The average molecular weight is 523 g/mol. The summed E-state index contributed by atoms with van der Waals surface area (Å²) in [5.74, 6) is 0.591. The summed E-state index contributed by atoms with van der Waals surface area (Å²) in [6.07, 6.45) is -0.399. The van der Waals surface area contributed by atoms with Gasteiger partial charge in [-0.3, -0.25) is 4.79 Å². The van der Waals surface area contributed by atoms with E-state index in [9.17, 15) is 9.59 Å². The zero-order valence-corrected chi connectivity index (χ0v) is 22.3. The number of carbonyl (C=O) groups is 2. The van der Waals surface area contributed by atoms with Crippen molar-refractivity contribution in [1.82, 2.24) is 14.8 Å². The maximum atomic E-state index is 12.6. The monoisotopic (exact) mass is 522 g/mol. The van der Waals surface area contributed by atoms with Crippen LogP contribution in [-0.4, -0.2) is 39.0 Å². The van der Waals surface area contributed by atoms with Crippen molar-refractivity contribution in [3.63, 3.8) is 0 Å². The minimum absolute atomic E-state index is 0.100. The zero-order valence-electron chi connectivity index (χ0n) is 19.9. The molecule has 182 valence electrons. The van der Waals surface area contributed by atoms with Crippen LogP contribution >= 0.6 is 34.7 Å². The molecule has 2 aromatic heterocycles. The number of thioether (sulfide) groups is 1. The van der Waals surface area contributed by atoms with Crippen LogP contribution in [0.2, 0.25) is 5.02 Å². The fourth-order valence-corrected chi connectivity index (χ4v) is 5.15. The number of ether oxygens (including phenoxy) is 2. The molecule has 1 unspecified atom stereocenters. The second kappa shape index (κ2) is 11.2. The highest BCUT2D eigenvalue weighted by molar-refractivity contribution is 7.99. The molecule has 0 aliphatic heterocycles. The maximum Gasteiger partial charge on any atom is 0.341 e. The van der Waals surface area contributed by atoms with Crippen molar-refractivity contribution in [1.29, 1.82) is 0 Å². The van der Waals surface area contributed by atoms with Crippen LogP contribution in [0.15, 0.2) is 23.4 Å². The Labute approximate surface area is 212 Å². The van der Waals surface area contributed by atoms with E-state index in [4.69, 9.17) is 21.1 Å². The largest absolute Gasteiger partial charge is 0.481 e. The van der Waals surface area contributed by atoms with E-state index in [0.717, 1.165) is 16.0 Å². The number of nitrogens with zero attached hydrogens (tertiary/aromatic N) is 3. The molecular formula is C23H27ClN4O4S2. The molecule has 3 aromatic rings. The molecule has 1 aromatic carbocycles. The van der Waals surface area contributed by atoms with E-state index in [1.54, 1.807) is 17.6 Å². The summed E-state index contributed by atoms with van der Waals surface area (Å²) in [7, 11) is 1.82. The number of anilines is 1. The van der Waals surface area contributed by atoms with Crippen molar-refractivity contribution < 1.29 is 19.1 Å². The average Bonchev–Trinajstić information content (AvgIpc) is 3.28. The van der Waals surface area contributed by atoms with Crippen molar-refractivity contribution in [2.24, 2.45) is 7.05 Å². The van der Waals surface area contributed by atoms with Crippen molar-refractivity contribution in [2.45, 2.75) is 45.9 Å². The lowest BCUT2D eigenvalue weighted by molar-refractivity contribution is -0.113. The van der Waals surface area contributed by atoms with E-state index in [1.807, 2.05) is 46.9 Å². The second-order valence-electron chi connectivity index (χ2n) is 7.64. The molecule has 1 atom stereocenters. The Bertz CT molecular complexity index is 1210. The van der Waals surface area contributed by atoms with Gasteiger partial charge in [0.2, 0.25) is 5.91 Å². The van der Waals surface area contributed by atoms with Gasteiger partial charge in [0.15, 0.2) is 17.1 Å². The van der Waals surface area contributed by atoms with Crippen LogP contribution in [0.1, 0.15) is 52.1 Å². The number of hydrogen-bond acceptors (Lipinski definition) is 8. The Morgan fingerprint density at radius 1 is 1.26 bits per heavy atom. The Balaban J connectivity index is 1.65. The number of amides is 1. The number of benzene rings is 1. The number of rotatable bonds is 9. The summed E-state index contributed by atoms with van der Waals surface area (Å²) in [6, 6.07) is 5.57. The van der Waals surface area contributed by atoms with Crippen molar-refractivity contribution in [3.05, 3.63) is 50.6 Å². The van der Waals surface area contributed by atoms with Gasteiger partial charge in [0.1, 0.15) is 10.8 Å². The van der Waals surface area contributed by atoms with Gasteiger partial charge in [-0.05, 0) is 57.9 Å². The number of esters is 1. The van der Waals surface area contributed by atoms with Gasteiger partial charge in [0, 0.05) is 11.9 Å². The molecule has 2 heterocycles. The number of nitrogens with one attached hydrogen (secondary N) is 1. The molecule has 0 spiro atoms.